The van der Waals surface area contributed by atoms with E-state index in [1.54, 1.807) is 30.2 Å². The minimum absolute atomic E-state index is 0.0708. The van der Waals surface area contributed by atoms with E-state index in [2.05, 4.69) is 4.90 Å². The van der Waals surface area contributed by atoms with Crippen molar-refractivity contribution in [3.8, 4) is 17.2 Å². The minimum Gasteiger partial charge on any atom is -0.507 e. The van der Waals surface area contributed by atoms with Crippen LogP contribution in [0.4, 0.5) is 0 Å². The number of benzene rings is 3. The lowest BCUT2D eigenvalue weighted by Crippen LogP contribution is -2.38. The first kappa shape index (κ1) is 27.4. The fraction of sp³-hybridized carbons (Fsp3) is 0.312. The number of para-hydroxylation sites is 1. The van der Waals surface area contributed by atoms with Crippen LogP contribution in [0.2, 0.25) is 0 Å². The third-order valence-electron chi connectivity index (χ3n) is 7.36. The highest BCUT2D eigenvalue weighted by Gasteiger charge is 2.46. The molecule has 5 rings (SSSR count). The summed E-state index contributed by atoms with van der Waals surface area (Å²) in [4.78, 5) is 30.8. The van der Waals surface area contributed by atoms with Gasteiger partial charge in [-0.2, -0.15) is 0 Å². The maximum absolute atomic E-state index is 13.5. The molecule has 40 heavy (non-hydrogen) atoms. The summed E-state index contributed by atoms with van der Waals surface area (Å²) in [5, 5.41) is 11.5. The van der Waals surface area contributed by atoms with E-state index >= 15 is 0 Å². The largest absolute Gasteiger partial charge is 0.507 e. The lowest BCUT2D eigenvalue weighted by atomic mass is 9.93. The van der Waals surface area contributed by atoms with Gasteiger partial charge in [-0.05, 0) is 66.9 Å². The zero-order valence-electron chi connectivity index (χ0n) is 22.8. The number of ketones is 1. The van der Waals surface area contributed by atoms with E-state index in [1.807, 2.05) is 61.5 Å². The molecule has 8 heteroatoms. The molecule has 2 fully saturated rings. The summed E-state index contributed by atoms with van der Waals surface area (Å²) in [7, 11) is 1.57. The summed E-state index contributed by atoms with van der Waals surface area (Å²) in [6.45, 7) is 6.07. The van der Waals surface area contributed by atoms with Crippen molar-refractivity contribution >= 4 is 17.4 Å². The third-order valence-corrected chi connectivity index (χ3v) is 7.36. The second kappa shape index (κ2) is 12.4. The van der Waals surface area contributed by atoms with Crippen LogP contribution in [0.25, 0.3) is 5.76 Å². The summed E-state index contributed by atoms with van der Waals surface area (Å²) < 4.78 is 16.8. The molecule has 1 atom stereocenters. The molecule has 3 aromatic carbocycles. The Labute approximate surface area is 234 Å². The van der Waals surface area contributed by atoms with Crippen molar-refractivity contribution in [2.75, 3.05) is 46.5 Å². The Hall–Kier alpha value is -4.14. The van der Waals surface area contributed by atoms with Crippen molar-refractivity contribution < 1.29 is 28.9 Å². The molecule has 8 nitrogen and oxygen atoms in total. The first-order chi connectivity index (χ1) is 19.5. The quantitative estimate of drug-likeness (QED) is 0.233. The number of amides is 1. The Morgan fingerprint density at radius 1 is 0.925 bits per heavy atom. The van der Waals surface area contributed by atoms with Gasteiger partial charge in [0.05, 0.1) is 31.9 Å². The van der Waals surface area contributed by atoms with Gasteiger partial charge >= 0.3 is 0 Å². The van der Waals surface area contributed by atoms with Crippen molar-refractivity contribution in [2.45, 2.75) is 19.4 Å². The van der Waals surface area contributed by atoms with Gasteiger partial charge in [-0.3, -0.25) is 14.5 Å². The van der Waals surface area contributed by atoms with Crippen molar-refractivity contribution in [1.29, 1.82) is 0 Å². The van der Waals surface area contributed by atoms with Crippen LogP contribution in [0.15, 0.2) is 78.4 Å². The summed E-state index contributed by atoms with van der Waals surface area (Å²) in [5.41, 5.74) is 1.97. The van der Waals surface area contributed by atoms with E-state index in [0.29, 0.717) is 54.6 Å². The fourth-order valence-corrected chi connectivity index (χ4v) is 5.29. The molecular formula is C32H34N2O6. The number of likely N-dealkylation sites (tertiary alicyclic amines) is 1. The van der Waals surface area contributed by atoms with E-state index in [1.165, 1.54) is 0 Å². The van der Waals surface area contributed by atoms with Crippen molar-refractivity contribution in [1.82, 2.24) is 9.80 Å². The van der Waals surface area contributed by atoms with Gasteiger partial charge in [0, 0.05) is 31.7 Å². The normalized spacial score (nSPS) is 19.1. The maximum Gasteiger partial charge on any atom is 0.295 e. The minimum atomic E-state index is -0.759. The lowest BCUT2D eigenvalue weighted by Gasteiger charge is -2.29. The van der Waals surface area contributed by atoms with Crippen molar-refractivity contribution in [3.05, 3.63) is 95.1 Å². The van der Waals surface area contributed by atoms with Gasteiger partial charge in [0.15, 0.2) is 0 Å². The summed E-state index contributed by atoms with van der Waals surface area (Å²) in [5.74, 6) is 0.373. The third kappa shape index (κ3) is 5.88. The van der Waals surface area contributed by atoms with Gasteiger partial charge < -0.3 is 24.2 Å². The number of aliphatic hydroxyl groups is 1. The van der Waals surface area contributed by atoms with Crippen LogP contribution in [-0.2, 0) is 14.3 Å². The van der Waals surface area contributed by atoms with Crippen LogP contribution in [0.5, 0.6) is 17.2 Å². The highest BCUT2D eigenvalue weighted by atomic mass is 16.5. The van der Waals surface area contributed by atoms with Crippen LogP contribution in [0, 0.1) is 6.92 Å². The van der Waals surface area contributed by atoms with Crippen LogP contribution in [0.1, 0.15) is 29.2 Å². The number of morpholine rings is 1. The smallest absolute Gasteiger partial charge is 0.295 e. The Balaban J connectivity index is 1.51. The maximum atomic E-state index is 13.5. The standard InChI is InChI=1S/C32H34N2O6/c1-22-20-25(38-2)12-13-27(22)30(35)28-29(23-8-6-11-26(21-23)40-24-9-4-3-5-10-24)34(32(37)31(28)36)15-7-14-33-16-18-39-19-17-33/h3-6,8-13,20-21,29,35H,7,14-19H2,1-2H3/b30-28+/t29-/m1/s1. The number of hydrogen-bond donors (Lipinski definition) is 1. The van der Waals surface area contributed by atoms with Gasteiger partial charge in [0.2, 0.25) is 0 Å². The van der Waals surface area contributed by atoms with Crippen LogP contribution in [0.3, 0.4) is 0 Å². The van der Waals surface area contributed by atoms with Crippen molar-refractivity contribution in [3.63, 3.8) is 0 Å². The molecule has 2 aliphatic rings. The van der Waals surface area contributed by atoms with E-state index in [9.17, 15) is 14.7 Å². The molecule has 0 aromatic heterocycles. The van der Waals surface area contributed by atoms with E-state index < -0.39 is 17.7 Å². The molecule has 1 amide bonds. The Morgan fingerprint density at radius 3 is 2.40 bits per heavy atom. The molecule has 208 valence electrons. The Kier molecular flexibility index (Phi) is 8.48. The molecule has 2 aliphatic heterocycles. The van der Waals surface area contributed by atoms with Gasteiger partial charge in [0.25, 0.3) is 11.7 Å². The molecule has 2 saturated heterocycles. The zero-order valence-corrected chi connectivity index (χ0v) is 22.8. The molecule has 2 heterocycles. The number of nitrogens with zero attached hydrogens (tertiary/aromatic N) is 2. The number of carbonyl (C=O) groups is 2. The van der Waals surface area contributed by atoms with Crippen LogP contribution >= 0.6 is 0 Å². The number of ether oxygens (including phenoxy) is 3. The average molecular weight is 543 g/mol. The average Bonchev–Trinajstić information content (AvgIpc) is 3.23. The number of aliphatic hydroxyl groups excluding tert-OH is 1. The molecule has 0 bridgehead atoms. The first-order valence-corrected chi connectivity index (χ1v) is 13.5. The second-order valence-corrected chi connectivity index (χ2v) is 9.97. The highest BCUT2D eigenvalue weighted by Crippen LogP contribution is 2.41. The number of hydrogen-bond acceptors (Lipinski definition) is 7. The SMILES string of the molecule is COc1ccc(/C(O)=C2\C(=O)C(=O)N(CCCN3CCOCC3)[C@@H]2c2cccc(Oc3ccccc3)c2)c(C)c1. The molecule has 1 N–H and O–H groups in total. The van der Waals surface area contributed by atoms with E-state index in [-0.39, 0.29) is 11.3 Å². The number of Topliss-reactive ketones (excluding diaryl/α,β-unsaturated/α-hetero) is 1. The predicted octanol–water partition coefficient (Wildman–Crippen LogP) is 4.94. The summed E-state index contributed by atoms with van der Waals surface area (Å²) in [6.07, 6.45) is 0.686. The highest BCUT2D eigenvalue weighted by molar-refractivity contribution is 6.46. The van der Waals surface area contributed by atoms with Gasteiger partial charge in [-0.15, -0.1) is 0 Å². The fourth-order valence-electron chi connectivity index (χ4n) is 5.29. The lowest BCUT2D eigenvalue weighted by molar-refractivity contribution is -0.140. The molecule has 0 saturated carbocycles. The first-order valence-electron chi connectivity index (χ1n) is 13.5. The van der Waals surface area contributed by atoms with Gasteiger partial charge in [0.1, 0.15) is 23.0 Å². The Morgan fingerprint density at radius 2 is 1.68 bits per heavy atom. The number of methoxy groups -OCH3 is 1. The molecular weight excluding hydrogens is 508 g/mol. The molecule has 3 aromatic rings. The van der Waals surface area contributed by atoms with Gasteiger partial charge in [-0.1, -0.05) is 30.3 Å². The zero-order chi connectivity index (χ0) is 28.1. The van der Waals surface area contributed by atoms with E-state index in [4.69, 9.17) is 14.2 Å². The number of rotatable bonds is 9. The van der Waals surface area contributed by atoms with Crippen LogP contribution < -0.4 is 9.47 Å². The van der Waals surface area contributed by atoms with Crippen molar-refractivity contribution in [2.24, 2.45) is 0 Å². The predicted molar refractivity (Wildman–Crippen MR) is 152 cm³/mol. The summed E-state index contributed by atoms with van der Waals surface area (Å²) >= 11 is 0. The van der Waals surface area contributed by atoms with Gasteiger partial charge in [-0.25, -0.2) is 0 Å². The summed E-state index contributed by atoms with van der Waals surface area (Å²) in [6, 6.07) is 21.2. The molecule has 0 aliphatic carbocycles. The monoisotopic (exact) mass is 542 g/mol. The Bertz CT molecular complexity index is 1400. The molecule has 0 unspecified atom stereocenters. The topological polar surface area (TPSA) is 88.5 Å². The number of aryl methyl sites for hydroxylation is 1. The molecule has 0 spiro atoms. The van der Waals surface area contributed by atoms with E-state index in [0.717, 1.165) is 25.2 Å². The number of carbonyl (C=O) groups excluding carboxylic acids is 2. The van der Waals surface area contributed by atoms with Crippen LogP contribution in [-0.4, -0.2) is 73.1 Å². The second-order valence-electron chi connectivity index (χ2n) is 9.97. The molecule has 0 radical (unpaired) electrons.